The molecule has 0 saturated carbocycles. The Morgan fingerprint density at radius 2 is 1.10 bits per heavy atom. The molecule has 0 bridgehead atoms. The van der Waals surface area contributed by atoms with Crippen LogP contribution >= 0.6 is 0 Å². The average Bonchev–Trinajstić information content (AvgIpc) is 2.88. The fourth-order valence-electron chi connectivity index (χ4n) is 4.35. The van der Waals surface area contributed by atoms with Crippen LogP contribution in [0.5, 0.6) is 0 Å². The quantitative estimate of drug-likeness (QED) is 0.107. The summed E-state index contributed by atoms with van der Waals surface area (Å²) >= 11 is 0. The Bertz CT molecular complexity index is 1920. The molecule has 0 heterocycles. The van der Waals surface area contributed by atoms with Gasteiger partial charge in [-0.1, -0.05) is 42.5 Å². The number of benzene rings is 4. The first-order valence-electron chi connectivity index (χ1n) is 11.2. The van der Waals surface area contributed by atoms with Crippen LogP contribution < -0.4 is 16.4 Å². The van der Waals surface area contributed by atoms with E-state index in [0.717, 1.165) is 12.1 Å². The van der Waals surface area contributed by atoms with Crippen LogP contribution in [0.1, 0.15) is 31.8 Å². The van der Waals surface area contributed by atoms with Crippen molar-refractivity contribution in [3.63, 3.8) is 0 Å². The first-order valence-corrected chi connectivity index (χ1v) is 14.1. The monoisotopic (exact) mass is 611 g/mol. The zero-order valence-electron chi connectivity index (χ0n) is 21.7. The van der Waals surface area contributed by atoms with Crippen molar-refractivity contribution in [2.45, 2.75) is 9.79 Å². The molecule has 4 aromatic carbocycles. The molecule has 4 aromatic rings. The number of rotatable bonds is 6. The third-order valence-corrected chi connectivity index (χ3v) is 7.86. The first kappa shape index (κ1) is 32.9. The second-order valence-corrected chi connectivity index (χ2v) is 11.3. The molecule has 0 aromatic heterocycles. The van der Waals surface area contributed by atoms with E-state index in [2.05, 4.69) is 10.6 Å². The molecule has 0 fully saturated rings. The smallest absolute Gasteiger partial charge is 0.296 e. The summed E-state index contributed by atoms with van der Waals surface area (Å²) in [5, 5.41) is 5.64. The number of fused-ring (bicyclic) bond motifs is 2. The number of para-hydroxylation sites is 1. The Kier molecular flexibility index (Phi) is 9.93. The summed E-state index contributed by atoms with van der Waals surface area (Å²) in [6, 6.07) is 19.1. The van der Waals surface area contributed by atoms with E-state index in [0.29, 0.717) is 5.69 Å². The SMILES string of the molecule is Nc1c(S(=O)(=O)O)cc(Nc2ccc(Nc3ccccc3)c(S(=O)(=O)O)c2)c2c1C(=O)c1ccccc1C2=O.[Na].[Na]. The molecule has 0 amide bonds. The minimum absolute atomic E-state index is 0. The fourth-order valence-corrected chi connectivity index (χ4v) is 5.67. The molecule has 2 radical (unpaired) electrons. The Morgan fingerprint density at radius 1 is 0.585 bits per heavy atom. The van der Waals surface area contributed by atoms with Gasteiger partial charge in [0.15, 0.2) is 11.6 Å². The molecule has 0 spiro atoms. The summed E-state index contributed by atoms with van der Waals surface area (Å²) in [6.07, 6.45) is 0. The van der Waals surface area contributed by atoms with Gasteiger partial charge in [0.2, 0.25) is 0 Å². The van der Waals surface area contributed by atoms with E-state index in [1.807, 2.05) is 0 Å². The molecular weight excluding hydrogens is 592 g/mol. The number of anilines is 5. The second kappa shape index (κ2) is 12.4. The summed E-state index contributed by atoms with van der Waals surface area (Å²) in [5.41, 5.74) is 5.10. The molecule has 15 heteroatoms. The topological polar surface area (TPSA) is 193 Å². The fraction of sp³-hybridized carbons (Fsp3) is 0. The van der Waals surface area contributed by atoms with E-state index in [4.69, 9.17) is 5.73 Å². The van der Waals surface area contributed by atoms with Crippen molar-refractivity contribution in [3.05, 3.63) is 101 Å². The van der Waals surface area contributed by atoms with Gasteiger partial charge in [-0.25, -0.2) is 0 Å². The summed E-state index contributed by atoms with van der Waals surface area (Å²) in [6.45, 7) is 0. The van der Waals surface area contributed by atoms with Gasteiger partial charge >= 0.3 is 0 Å². The van der Waals surface area contributed by atoms with Crippen molar-refractivity contribution in [2.24, 2.45) is 0 Å². The van der Waals surface area contributed by atoms with E-state index >= 15 is 0 Å². The van der Waals surface area contributed by atoms with Crippen molar-refractivity contribution in [3.8, 4) is 0 Å². The van der Waals surface area contributed by atoms with E-state index < -0.39 is 52.8 Å². The normalized spacial score (nSPS) is 12.3. The summed E-state index contributed by atoms with van der Waals surface area (Å²) in [5.74, 6) is -1.37. The Labute approximate surface area is 279 Å². The maximum absolute atomic E-state index is 13.5. The Morgan fingerprint density at radius 3 is 1.66 bits per heavy atom. The number of nitrogens with one attached hydrogen (secondary N) is 2. The van der Waals surface area contributed by atoms with Gasteiger partial charge in [0.1, 0.15) is 9.79 Å². The molecule has 1 aliphatic rings. The third kappa shape index (κ3) is 6.44. The number of hydrogen-bond donors (Lipinski definition) is 5. The number of ketones is 2. The molecule has 200 valence electrons. The van der Waals surface area contributed by atoms with Crippen LogP contribution in [0.15, 0.2) is 88.7 Å². The molecule has 0 atom stereocenters. The van der Waals surface area contributed by atoms with Crippen LogP contribution in [0.4, 0.5) is 28.4 Å². The van der Waals surface area contributed by atoms with Crippen molar-refractivity contribution >= 4 is 119 Å². The van der Waals surface area contributed by atoms with Crippen LogP contribution in [0.25, 0.3) is 0 Å². The summed E-state index contributed by atoms with van der Waals surface area (Å²) in [4.78, 5) is 25.4. The summed E-state index contributed by atoms with van der Waals surface area (Å²) in [7, 11) is -9.71. The average molecular weight is 612 g/mol. The van der Waals surface area contributed by atoms with E-state index in [1.165, 1.54) is 30.3 Å². The van der Waals surface area contributed by atoms with Gasteiger partial charge in [0, 0.05) is 81.6 Å². The van der Waals surface area contributed by atoms with Crippen molar-refractivity contribution in [1.29, 1.82) is 0 Å². The number of nitrogens with two attached hydrogens (primary N) is 1. The molecule has 41 heavy (non-hydrogen) atoms. The molecule has 0 unspecified atom stereocenters. The number of hydrogen-bond acceptors (Lipinski definition) is 9. The number of carbonyl (C=O) groups excluding carboxylic acids is 2. The molecular formula is C26H19N3Na2O8S2. The van der Waals surface area contributed by atoms with Crippen LogP contribution in [0, 0.1) is 0 Å². The predicted molar refractivity (Wildman–Crippen MR) is 155 cm³/mol. The Hall–Kier alpha value is -2.56. The van der Waals surface area contributed by atoms with E-state index in [-0.39, 0.29) is 92.9 Å². The second-order valence-electron chi connectivity index (χ2n) is 8.57. The van der Waals surface area contributed by atoms with Gasteiger partial charge in [-0.2, -0.15) is 16.8 Å². The minimum Gasteiger partial charge on any atom is -0.397 e. The van der Waals surface area contributed by atoms with E-state index in [1.54, 1.807) is 36.4 Å². The standard InChI is InChI=1S/C26H19N3O8S2.2Na/c27-24-21(39(35,36)37)13-19(22-23(24)26(31)17-9-5-4-8-16(17)25(22)30)29-15-10-11-18(20(12-15)38(32,33)34)28-14-6-2-1-3-7-14;;/h1-13,28-29H,27H2,(H,32,33,34)(H,35,36,37);;. The molecule has 11 nitrogen and oxygen atoms in total. The van der Waals surface area contributed by atoms with Crippen LogP contribution in [-0.2, 0) is 20.2 Å². The van der Waals surface area contributed by atoms with Gasteiger partial charge in [0.05, 0.1) is 28.2 Å². The predicted octanol–water partition coefficient (Wildman–Crippen LogP) is 3.26. The molecule has 6 N–H and O–H groups in total. The first-order chi connectivity index (χ1) is 18.4. The third-order valence-electron chi connectivity index (χ3n) is 6.07. The van der Waals surface area contributed by atoms with Crippen molar-refractivity contribution in [1.82, 2.24) is 0 Å². The minimum atomic E-state index is -4.95. The van der Waals surface area contributed by atoms with Gasteiger partial charge in [-0.3, -0.25) is 18.7 Å². The summed E-state index contributed by atoms with van der Waals surface area (Å²) < 4.78 is 68.3. The molecule has 1 aliphatic carbocycles. The van der Waals surface area contributed by atoms with Crippen LogP contribution in [0.3, 0.4) is 0 Å². The maximum atomic E-state index is 13.5. The van der Waals surface area contributed by atoms with Crippen LogP contribution in [-0.4, -0.2) is 96.6 Å². The number of carbonyl (C=O) groups is 2. The molecule has 0 saturated heterocycles. The van der Waals surface area contributed by atoms with Gasteiger partial charge in [-0.05, 0) is 36.4 Å². The largest absolute Gasteiger partial charge is 0.397 e. The van der Waals surface area contributed by atoms with E-state index in [9.17, 15) is 35.5 Å². The van der Waals surface area contributed by atoms with Crippen molar-refractivity contribution < 1.29 is 35.5 Å². The molecule has 5 rings (SSSR count). The number of nitrogen functional groups attached to an aromatic ring is 1. The zero-order valence-corrected chi connectivity index (χ0v) is 27.4. The Balaban J connectivity index is 0.00000231. The van der Waals surface area contributed by atoms with Crippen molar-refractivity contribution in [2.75, 3.05) is 16.4 Å². The maximum Gasteiger partial charge on any atom is 0.296 e. The van der Waals surface area contributed by atoms with Gasteiger partial charge < -0.3 is 16.4 Å². The molecule has 0 aliphatic heterocycles. The van der Waals surface area contributed by atoms with Crippen LogP contribution in [0.2, 0.25) is 0 Å². The zero-order chi connectivity index (χ0) is 28.1. The van der Waals surface area contributed by atoms with Gasteiger partial charge in [0.25, 0.3) is 20.2 Å². The van der Waals surface area contributed by atoms with Gasteiger partial charge in [-0.15, -0.1) is 0 Å².